The molecule has 1 aromatic carbocycles. The first-order valence-electron chi connectivity index (χ1n) is 5.45. The van der Waals surface area contributed by atoms with Crippen LogP contribution in [0, 0.1) is 5.82 Å². The Balaban J connectivity index is 2.47. The van der Waals surface area contributed by atoms with Crippen LogP contribution in [-0.4, -0.2) is 18.5 Å². The summed E-state index contributed by atoms with van der Waals surface area (Å²) in [5, 5.41) is 9.02. The number of aliphatic hydroxyl groups is 1. The number of hydrogen-bond acceptors (Lipinski definition) is 4. The molecule has 0 saturated heterocycles. The molecule has 0 fully saturated rings. The van der Waals surface area contributed by atoms with E-state index in [1.165, 1.54) is 30.6 Å². The van der Waals surface area contributed by atoms with Crippen molar-refractivity contribution in [3.8, 4) is 0 Å². The molecule has 2 N–H and O–H groups in total. The van der Waals surface area contributed by atoms with Gasteiger partial charge in [0.15, 0.2) is 0 Å². The number of rotatable bonds is 4. The maximum absolute atomic E-state index is 14.0. The molecular formula is C12H10ClFN2O3S. The fraction of sp³-hybridized carbons (Fsp3) is 0.0833. The predicted octanol–water partition coefficient (Wildman–Crippen LogP) is 2.17. The smallest absolute Gasteiger partial charge is 0.264 e. The Labute approximate surface area is 120 Å². The number of nitrogens with zero attached hydrogens (tertiary/aromatic N) is 1. The second-order valence-electron chi connectivity index (χ2n) is 3.88. The number of sulfonamides is 1. The molecule has 2 aromatic rings. The van der Waals surface area contributed by atoms with E-state index >= 15 is 0 Å². The van der Waals surface area contributed by atoms with Gasteiger partial charge in [-0.3, -0.25) is 9.71 Å². The van der Waals surface area contributed by atoms with Gasteiger partial charge in [-0.1, -0.05) is 11.6 Å². The van der Waals surface area contributed by atoms with Crippen molar-refractivity contribution in [1.29, 1.82) is 0 Å². The Morgan fingerprint density at radius 2 is 1.95 bits per heavy atom. The van der Waals surface area contributed by atoms with Crippen molar-refractivity contribution in [2.75, 3.05) is 4.72 Å². The maximum atomic E-state index is 14.0. The van der Waals surface area contributed by atoms with E-state index in [2.05, 4.69) is 9.71 Å². The molecular weight excluding hydrogens is 307 g/mol. The number of benzene rings is 1. The van der Waals surface area contributed by atoms with Crippen molar-refractivity contribution in [2.24, 2.45) is 0 Å². The van der Waals surface area contributed by atoms with Crippen molar-refractivity contribution >= 4 is 27.3 Å². The van der Waals surface area contributed by atoms with Gasteiger partial charge < -0.3 is 5.11 Å². The number of hydrogen-bond donors (Lipinski definition) is 2. The standard InChI is InChI=1S/C12H10ClFN2O3S/c13-9-5-8(7-17)12(14)11(6-9)20(18,19)16-10-1-3-15-4-2-10/h1-6,17H,7H2,(H,15,16). The van der Waals surface area contributed by atoms with Gasteiger partial charge in [0.1, 0.15) is 10.7 Å². The number of aromatic nitrogens is 1. The Morgan fingerprint density at radius 1 is 1.30 bits per heavy atom. The van der Waals surface area contributed by atoms with Gasteiger partial charge in [0.2, 0.25) is 0 Å². The van der Waals surface area contributed by atoms with E-state index < -0.39 is 27.3 Å². The summed E-state index contributed by atoms with van der Waals surface area (Å²) in [5.74, 6) is -1.03. The van der Waals surface area contributed by atoms with Gasteiger partial charge >= 0.3 is 0 Å². The summed E-state index contributed by atoms with van der Waals surface area (Å²) >= 11 is 5.73. The van der Waals surface area contributed by atoms with Crippen LogP contribution in [0.2, 0.25) is 5.02 Å². The highest BCUT2D eigenvalue weighted by Crippen LogP contribution is 2.25. The minimum atomic E-state index is -4.15. The first kappa shape index (κ1) is 14.7. The summed E-state index contributed by atoms with van der Waals surface area (Å²) in [7, 11) is -4.15. The molecule has 0 atom stereocenters. The minimum absolute atomic E-state index is 0.0190. The highest BCUT2D eigenvalue weighted by atomic mass is 35.5. The second kappa shape index (κ2) is 5.74. The first-order valence-corrected chi connectivity index (χ1v) is 7.32. The third-order valence-electron chi connectivity index (χ3n) is 2.47. The Kier molecular flexibility index (Phi) is 4.22. The van der Waals surface area contributed by atoms with Crippen molar-refractivity contribution in [3.05, 3.63) is 53.1 Å². The van der Waals surface area contributed by atoms with Gasteiger partial charge in [-0.15, -0.1) is 0 Å². The van der Waals surface area contributed by atoms with E-state index in [1.54, 1.807) is 0 Å². The number of pyridine rings is 1. The molecule has 0 amide bonds. The Bertz CT molecular complexity index is 723. The van der Waals surface area contributed by atoms with Crippen molar-refractivity contribution < 1.29 is 17.9 Å². The van der Waals surface area contributed by atoms with Crippen LogP contribution >= 0.6 is 11.6 Å². The third kappa shape index (κ3) is 3.06. The largest absolute Gasteiger partial charge is 0.392 e. The minimum Gasteiger partial charge on any atom is -0.392 e. The highest BCUT2D eigenvalue weighted by Gasteiger charge is 2.22. The molecule has 8 heteroatoms. The summed E-state index contributed by atoms with van der Waals surface area (Å²) in [5.41, 5.74) is 0.0533. The summed E-state index contributed by atoms with van der Waals surface area (Å²) < 4.78 is 40.5. The zero-order chi connectivity index (χ0) is 14.8. The third-order valence-corrected chi connectivity index (χ3v) is 4.07. The maximum Gasteiger partial charge on any atom is 0.264 e. The zero-order valence-corrected chi connectivity index (χ0v) is 11.6. The van der Waals surface area contributed by atoms with E-state index in [9.17, 15) is 12.8 Å². The quantitative estimate of drug-likeness (QED) is 0.906. The van der Waals surface area contributed by atoms with Gasteiger partial charge in [0.25, 0.3) is 10.0 Å². The fourth-order valence-electron chi connectivity index (χ4n) is 1.56. The molecule has 0 spiro atoms. The van der Waals surface area contributed by atoms with E-state index in [-0.39, 0.29) is 16.3 Å². The molecule has 1 heterocycles. The number of nitrogens with one attached hydrogen (secondary N) is 1. The van der Waals surface area contributed by atoms with Crippen LogP contribution in [0.1, 0.15) is 5.56 Å². The monoisotopic (exact) mass is 316 g/mol. The molecule has 0 bridgehead atoms. The SMILES string of the molecule is O=S(=O)(Nc1ccncc1)c1cc(Cl)cc(CO)c1F. The second-order valence-corrected chi connectivity index (χ2v) is 5.96. The van der Waals surface area contributed by atoms with E-state index in [1.807, 2.05) is 0 Å². The molecule has 106 valence electrons. The molecule has 2 rings (SSSR count). The van der Waals surface area contributed by atoms with E-state index in [0.29, 0.717) is 0 Å². The predicted molar refractivity (Wildman–Crippen MR) is 72.4 cm³/mol. The topological polar surface area (TPSA) is 79.3 Å². The van der Waals surface area contributed by atoms with E-state index in [4.69, 9.17) is 16.7 Å². The lowest BCUT2D eigenvalue weighted by Gasteiger charge is -2.11. The molecule has 1 aromatic heterocycles. The Hall–Kier alpha value is -1.70. The average Bonchev–Trinajstić information content (AvgIpc) is 2.41. The van der Waals surface area contributed by atoms with Gasteiger partial charge in [-0.05, 0) is 24.3 Å². The van der Waals surface area contributed by atoms with E-state index in [0.717, 1.165) is 6.07 Å². The van der Waals surface area contributed by atoms with Gasteiger partial charge in [0, 0.05) is 23.0 Å². The summed E-state index contributed by atoms with van der Waals surface area (Å²) in [6.07, 6.45) is 2.79. The molecule has 5 nitrogen and oxygen atoms in total. The average molecular weight is 317 g/mol. The first-order chi connectivity index (χ1) is 9.44. The molecule has 0 aliphatic heterocycles. The summed E-state index contributed by atoms with van der Waals surface area (Å²) in [4.78, 5) is 3.12. The molecule has 0 aliphatic rings. The summed E-state index contributed by atoms with van der Waals surface area (Å²) in [6.45, 7) is -0.649. The lowest BCUT2D eigenvalue weighted by atomic mass is 10.2. The molecule has 0 radical (unpaired) electrons. The Morgan fingerprint density at radius 3 is 2.55 bits per heavy atom. The fourth-order valence-corrected chi connectivity index (χ4v) is 3.07. The normalized spacial score (nSPS) is 11.3. The van der Waals surface area contributed by atoms with Crippen LogP contribution in [0.3, 0.4) is 0 Å². The van der Waals surface area contributed by atoms with Crippen molar-refractivity contribution in [2.45, 2.75) is 11.5 Å². The number of aliphatic hydroxyl groups excluding tert-OH is 1. The van der Waals surface area contributed by atoms with Crippen LogP contribution in [0.4, 0.5) is 10.1 Å². The van der Waals surface area contributed by atoms with Crippen LogP contribution in [0.15, 0.2) is 41.6 Å². The van der Waals surface area contributed by atoms with Crippen molar-refractivity contribution in [1.82, 2.24) is 4.98 Å². The number of halogens is 2. The lowest BCUT2D eigenvalue weighted by molar-refractivity contribution is 0.274. The van der Waals surface area contributed by atoms with Crippen LogP contribution in [-0.2, 0) is 16.6 Å². The van der Waals surface area contributed by atoms with Crippen LogP contribution in [0.25, 0.3) is 0 Å². The molecule has 20 heavy (non-hydrogen) atoms. The molecule has 0 saturated carbocycles. The lowest BCUT2D eigenvalue weighted by Crippen LogP contribution is -2.15. The summed E-state index contributed by atoms with van der Waals surface area (Å²) in [6, 6.07) is 5.00. The highest BCUT2D eigenvalue weighted by molar-refractivity contribution is 7.92. The van der Waals surface area contributed by atoms with Gasteiger partial charge in [-0.25, -0.2) is 12.8 Å². The molecule has 0 unspecified atom stereocenters. The van der Waals surface area contributed by atoms with Crippen molar-refractivity contribution in [3.63, 3.8) is 0 Å². The zero-order valence-electron chi connectivity index (χ0n) is 10.0. The van der Waals surface area contributed by atoms with Gasteiger partial charge in [-0.2, -0.15) is 0 Å². The number of anilines is 1. The van der Waals surface area contributed by atoms with Crippen LogP contribution in [0.5, 0.6) is 0 Å². The van der Waals surface area contributed by atoms with Gasteiger partial charge in [0.05, 0.1) is 12.3 Å². The molecule has 0 aliphatic carbocycles. The van der Waals surface area contributed by atoms with Crippen LogP contribution < -0.4 is 4.72 Å².